The molecule has 1 rings (SSSR count). The Morgan fingerprint density at radius 1 is 1.62 bits per heavy atom. The molecule has 0 amide bonds. The van der Waals surface area contributed by atoms with Gasteiger partial charge < -0.3 is 15.2 Å². The molecule has 0 spiro atoms. The lowest BCUT2D eigenvalue weighted by molar-refractivity contribution is 0.0551. The van der Waals surface area contributed by atoms with Crippen LogP contribution in [0.5, 0.6) is 0 Å². The predicted octanol–water partition coefficient (Wildman–Crippen LogP) is 0.336. The quantitative estimate of drug-likeness (QED) is 0.629. The number of hydrogen-bond acceptors (Lipinski definition) is 4. The third-order valence-corrected chi connectivity index (χ3v) is 3.37. The molecule has 1 aliphatic rings. The highest BCUT2D eigenvalue weighted by molar-refractivity contribution is 7.99. The van der Waals surface area contributed by atoms with Crippen LogP contribution in [0.25, 0.3) is 0 Å². The van der Waals surface area contributed by atoms with Gasteiger partial charge in [0.2, 0.25) is 0 Å². The Kier molecular flexibility index (Phi) is 5.78. The number of rotatable bonds is 7. The molecule has 0 bridgehead atoms. The largest absolute Gasteiger partial charge is 0.390 e. The van der Waals surface area contributed by atoms with E-state index in [1.54, 1.807) is 0 Å². The fourth-order valence-electron chi connectivity index (χ4n) is 1.14. The molecule has 0 radical (unpaired) electrons. The summed E-state index contributed by atoms with van der Waals surface area (Å²) >= 11 is 1.83. The van der Waals surface area contributed by atoms with Crippen molar-refractivity contribution in [1.29, 1.82) is 0 Å². The molecule has 2 N–H and O–H groups in total. The Morgan fingerprint density at radius 3 is 2.92 bits per heavy atom. The van der Waals surface area contributed by atoms with Crippen LogP contribution >= 0.6 is 11.8 Å². The number of nitrogens with one attached hydrogen (secondary N) is 1. The molecule has 78 valence electrons. The molecule has 3 nitrogen and oxygen atoms in total. The SMILES string of the molecule is CCOCC(O)CSCC1CNC1. The second-order valence-electron chi connectivity index (χ2n) is 3.38. The van der Waals surface area contributed by atoms with E-state index in [9.17, 15) is 5.11 Å². The molecular formula is C9H19NO2S. The third-order valence-electron chi connectivity index (χ3n) is 2.04. The summed E-state index contributed by atoms with van der Waals surface area (Å²) in [5.41, 5.74) is 0. The van der Waals surface area contributed by atoms with Crippen LogP contribution in [0.3, 0.4) is 0 Å². The van der Waals surface area contributed by atoms with E-state index >= 15 is 0 Å². The van der Waals surface area contributed by atoms with Crippen molar-refractivity contribution < 1.29 is 9.84 Å². The van der Waals surface area contributed by atoms with E-state index in [2.05, 4.69) is 5.32 Å². The lowest BCUT2D eigenvalue weighted by Gasteiger charge is -2.26. The maximum Gasteiger partial charge on any atom is 0.0863 e. The minimum atomic E-state index is -0.294. The van der Waals surface area contributed by atoms with Crippen LogP contribution in [-0.2, 0) is 4.74 Å². The number of aliphatic hydroxyl groups excluding tert-OH is 1. The van der Waals surface area contributed by atoms with Crippen molar-refractivity contribution in [3.8, 4) is 0 Å². The molecule has 0 aromatic heterocycles. The molecule has 1 saturated heterocycles. The van der Waals surface area contributed by atoms with Crippen LogP contribution < -0.4 is 5.32 Å². The van der Waals surface area contributed by atoms with Crippen molar-refractivity contribution in [3.63, 3.8) is 0 Å². The first-order valence-corrected chi connectivity index (χ1v) is 6.02. The van der Waals surface area contributed by atoms with Crippen LogP contribution in [-0.4, -0.2) is 49.0 Å². The molecular weight excluding hydrogens is 186 g/mol. The van der Waals surface area contributed by atoms with E-state index < -0.39 is 0 Å². The van der Waals surface area contributed by atoms with Gasteiger partial charge in [-0.3, -0.25) is 0 Å². The van der Waals surface area contributed by atoms with E-state index in [0.29, 0.717) is 13.2 Å². The summed E-state index contributed by atoms with van der Waals surface area (Å²) in [6.07, 6.45) is -0.294. The second kappa shape index (κ2) is 6.65. The topological polar surface area (TPSA) is 41.5 Å². The molecule has 13 heavy (non-hydrogen) atoms. The number of ether oxygens (including phenoxy) is 1. The lowest BCUT2D eigenvalue weighted by atomic mass is 10.1. The van der Waals surface area contributed by atoms with Gasteiger partial charge in [0.05, 0.1) is 12.7 Å². The van der Waals surface area contributed by atoms with E-state index in [1.807, 2.05) is 18.7 Å². The van der Waals surface area contributed by atoms with E-state index in [4.69, 9.17) is 4.74 Å². The normalized spacial score (nSPS) is 19.8. The second-order valence-corrected chi connectivity index (χ2v) is 4.45. The zero-order chi connectivity index (χ0) is 9.52. The molecule has 1 aliphatic heterocycles. The first-order valence-electron chi connectivity index (χ1n) is 4.87. The zero-order valence-corrected chi connectivity index (χ0v) is 8.98. The molecule has 1 unspecified atom stereocenters. The minimum absolute atomic E-state index is 0.294. The summed E-state index contributed by atoms with van der Waals surface area (Å²) in [4.78, 5) is 0. The van der Waals surface area contributed by atoms with E-state index in [-0.39, 0.29) is 6.10 Å². The molecule has 4 heteroatoms. The summed E-state index contributed by atoms with van der Waals surface area (Å²) in [5, 5.41) is 12.7. The molecule has 0 aromatic carbocycles. The first kappa shape index (κ1) is 11.3. The molecule has 0 aromatic rings. The van der Waals surface area contributed by atoms with Gasteiger partial charge in [0.1, 0.15) is 0 Å². The van der Waals surface area contributed by atoms with Gasteiger partial charge >= 0.3 is 0 Å². The fourth-order valence-corrected chi connectivity index (χ4v) is 2.21. The summed E-state index contributed by atoms with van der Waals surface area (Å²) < 4.78 is 5.12. The van der Waals surface area contributed by atoms with Crippen molar-refractivity contribution in [2.45, 2.75) is 13.0 Å². The van der Waals surface area contributed by atoms with Crippen molar-refractivity contribution in [2.24, 2.45) is 5.92 Å². The third kappa shape index (κ3) is 4.86. The lowest BCUT2D eigenvalue weighted by Crippen LogP contribution is -2.43. The van der Waals surface area contributed by atoms with Gasteiger partial charge in [-0.1, -0.05) is 0 Å². The van der Waals surface area contributed by atoms with Crippen LogP contribution in [0.2, 0.25) is 0 Å². The van der Waals surface area contributed by atoms with E-state index in [1.165, 1.54) is 0 Å². The zero-order valence-electron chi connectivity index (χ0n) is 8.16. The maximum atomic E-state index is 9.42. The van der Waals surface area contributed by atoms with Crippen molar-refractivity contribution >= 4 is 11.8 Å². The van der Waals surface area contributed by atoms with Crippen molar-refractivity contribution in [3.05, 3.63) is 0 Å². The standard InChI is InChI=1S/C9H19NO2S/c1-2-12-5-9(11)7-13-6-8-3-10-4-8/h8-11H,2-7H2,1H3. The van der Waals surface area contributed by atoms with Gasteiger partial charge in [0, 0.05) is 12.4 Å². The number of thioether (sulfide) groups is 1. The smallest absolute Gasteiger partial charge is 0.0863 e. The fraction of sp³-hybridized carbons (Fsp3) is 1.00. The molecule has 0 saturated carbocycles. The van der Waals surface area contributed by atoms with Gasteiger partial charge in [-0.2, -0.15) is 11.8 Å². The van der Waals surface area contributed by atoms with Crippen LogP contribution in [0.4, 0.5) is 0 Å². The minimum Gasteiger partial charge on any atom is -0.390 e. The molecule has 0 aliphatic carbocycles. The first-order chi connectivity index (χ1) is 6.33. The summed E-state index contributed by atoms with van der Waals surface area (Å²) in [7, 11) is 0. The highest BCUT2D eigenvalue weighted by Crippen LogP contribution is 2.13. The average Bonchev–Trinajstić information content (AvgIpc) is 2.06. The van der Waals surface area contributed by atoms with Gasteiger partial charge in [-0.05, 0) is 31.7 Å². The highest BCUT2D eigenvalue weighted by Gasteiger charge is 2.16. The van der Waals surface area contributed by atoms with Crippen molar-refractivity contribution in [2.75, 3.05) is 37.8 Å². The van der Waals surface area contributed by atoms with Gasteiger partial charge in [0.25, 0.3) is 0 Å². The van der Waals surface area contributed by atoms with Crippen molar-refractivity contribution in [1.82, 2.24) is 5.32 Å². The van der Waals surface area contributed by atoms with Gasteiger partial charge in [-0.25, -0.2) is 0 Å². The van der Waals surface area contributed by atoms with Crippen LogP contribution in [0.15, 0.2) is 0 Å². The summed E-state index contributed by atoms with van der Waals surface area (Å²) in [5.74, 6) is 2.79. The predicted molar refractivity (Wildman–Crippen MR) is 56.2 cm³/mol. The average molecular weight is 205 g/mol. The number of hydrogen-bond donors (Lipinski definition) is 2. The van der Waals surface area contributed by atoms with Gasteiger partial charge in [-0.15, -0.1) is 0 Å². The Balaban J connectivity index is 1.85. The Hall–Kier alpha value is 0.230. The maximum absolute atomic E-state index is 9.42. The monoisotopic (exact) mass is 205 g/mol. The Morgan fingerprint density at radius 2 is 2.38 bits per heavy atom. The summed E-state index contributed by atoms with van der Waals surface area (Å²) in [6, 6.07) is 0. The Bertz CT molecular complexity index is 131. The van der Waals surface area contributed by atoms with Crippen LogP contribution in [0.1, 0.15) is 6.92 Å². The van der Waals surface area contributed by atoms with Gasteiger partial charge in [0.15, 0.2) is 0 Å². The molecule has 1 fully saturated rings. The highest BCUT2D eigenvalue weighted by atomic mass is 32.2. The molecule has 1 atom stereocenters. The van der Waals surface area contributed by atoms with E-state index in [0.717, 1.165) is 30.5 Å². The molecule has 1 heterocycles. The Labute approximate surface area is 84.2 Å². The summed E-state index contributed by atoms with van der Waals surface area (Å²) in [6.45, 7) is 5.41. The van der Waals surface area contributed by atoms with Crippen LogP contribution in [0, 0.1) is 5.92 Å². The number of aliphatic hydroxyl groups is 1.